The monoisotopic (exact) mass is 448 g/mol. The van der Waals surface area contributed by atoms with Crippen LogP contribution in [0.5, 0.6) is 0 Å². The van der Waals surface area contributed by atoms with Crippen molar-refractivity contribution in [3.8, 4) is 11.6 Å². The Balaban J connectivity index is 1.91. The van der Waals surface area contributed by atoms with Crippen molar-refractivity contribution in [2.75, 3.05) is 0 Å². The van der Waals surface area contributed by atoms with Crippen LogP contribution in [0.1, 0.15) is 26.3 Å². The third-order valence-electron chi connectivity index (χ3n) is 3.78. The fourth-order valence-electron chi connectivity index (χ4n) is 2.51. The molecule has 2 heterocycles. The molecule has 0 aliphatic rings. The molecule has 3 aromatic rings. The number of nitrogens with zero attached hydrogens (tertiary/aromatic N) is 3. The molecule has 0 radical (unpaired) electrons. The zero-order valence-electron chi connectivity index (χ0n) is 15.3. The van der Waals surface area contributed by atoms with Crippen molar-refractivity contribution in [3.63, 3.8) is 0 Å². The zero-order chi connectivity index (χ0) is 19.4. The first-order chi connectivity index (χ1) is 12.9. The van der Waals surface area contributed by atoms with Gasteiger partial charge in [-0.25, -0.2) is 0 Å². The molecule has 0 saturated heterocycles. The largest absolute Gasteiger partial charge is 0.446 e. The summed E-state index contributed by atoms with van der Waals surface area (Å²) >= 11 is 4.71. The predicted octanol–water partition coefficient (Wildman–Crippen LogP) is 4.35. The van der Waals surface area contributed by atoms with Crippen LogP contribution in [0, 0.1) is 0 Å². The molecule has 1 atom stereocenters. The maximum Gasteiger partial charge on any atom is 0.233 e. The summed E-state index contributed by atoms with van der Waals surface area (Å²) < 4.78 is 8.28. The van der Waals surface area contributed by atoms with E-state index in [-0.39, 0.29) is 17.2 Å². The molecule has 142 valence electrons. The smallest absolute Gasteiger partial charge is 0.233 e. The van der Waals surface area contributed by atoms with Crippen molar-refractivity contribution in [1.82, 2.24) is 20.1 Å². The molecule has 8 heteroatoms. The van der Waals surface area contributed by atoms with E-state index in [9.17, 15) is 4.79 Å². The lowest BCUT2D eigenvalue weighted by Crippen LogP contribution is -2.36. The summed E-state index contributed by atoms with van der Waals surface area (Å²) in [5.41, 5.74) is 1.12. The summed E-state index contributed by atoms with van der Waals surface area (Å²) in [5, 5.41) is 12.0. The first kappa shape index (κ1) is 19.7. The van der Waals surface area contributed by atoms with Crippen LogP contribution in [-0.4, -0.2) is 32.0 Å². The Labute approximate surface area is 170 Å². The number of hydrogen-bond acceptors (Lipinski definition) is 5. The lowest BCUT2D eigenvalue weighted by Gasteiger charge is -2.15. The zero-order valence-corrected chi connectivity index (χ0v) is 17.8. The summed E-state index contributed by atoms with van der Waals surface area (Å²) in [5.74, 6) is 1.23. The van der Waals surface area contributed by atoms with Crippen molar-refractivity contribution in [3.05, 3.63) is 52.7 Å². The third-order valence-corrected chi connectivity index (χ3v) is 5.28. The number of nitrogens with one attached hydrogen (secondary N) is 1. The Hall–Kier alpha value is -2.06. The second-order valence-corrected chi connectivity index (χ2v) is 8.49. The van der Waals surface area contributed by atoms with E-state index in [1.54, 1.807) is 0 Å². The van der Waals surface area contributed by atoms with Gasteiger partial charge in [-0.3, -0.25) is 9.36 Å². The Morgan fingerprint density at radius 1 is 1.19 bits per heavy atom. The van der Waals surface area contributed by atoms with Crippen molar-refractivity contribution >= 4 is 33.6 Å². The highest BCUT2D eigenvalue weighted by Crippen LogP contribution is 2.30. The van der Waals surface area contributed by atoms with E-state index in [4.69, 9.17) is 4.42 Å². The molecule has 27 heavy (non-hydrogen) atoms. The number of rotatable bonds is 7. The Bertz CT molecular complexity index is 908. The standard InChI is InChI=1S/C19H21BrN4O2S/c1-12(2)21-18(25)13(3)27-19-23-22-17(15-9-10-16(20)26-15)24(19)11-14-7-5-4-6-8-14/h4-10,12-13H,11H2,1-3H3,(H,21,25). The molecule has 0 spiro atoms. The van der Waals surface area contributed by atoms with Gasteiger partial charge in [0, 0.05) is 6.04 Å². The molecule has 3 rings (SSSR count). The highest BCUT2D eigenvalue weighted by atomic mass is 79.9. The van der Waals surface area contributed by atoms with E-state index >= 15 is 0 Å². The van der Waals surface area contributed by atoms with E-state index in [1.807, 2.05) is 67.8 Å². The van der Waals surface area contributed by atoms with E-state index in [0.717, 1.165) is 5.56 Å². The van der Waals surface area contributed by atoms with Crippen LogP contribution in [0.25, 0.3) is 11.6 Å². The van der Waals surface area contributed by atoms with Gasteiger partial charge in [-0.05, 0) is 54.4 Å². The molecule has 0 fully saturated rings. The molecule has 0 bridgehead atoms. The maximum absolute atomic E-state index is 12.3. The van der Waals surface area contributed by atoms with Crippen LogP contribution < -0.4 is 5.32 Å². The van der Waals surface area contributed by atoms with Crippen LogP contribution in [0.3, 0.4) is 0 Å². The highest BCUT2D eigenvalue weighted by Gasteiger charge is 2.22. The minimum atomic E-state index is -0.290. The third kappa shape index (κ3) is 5.01. The van der Waals surface area contributed by atoms with E-state index < -0.39 is 0 Å². The quantitative estimate of drug-likeness (QED) is 0.543. The second-order valence-electron chi connectivity index (χ2n) is 6.41. The Morgan fingerprint density at radius 2 is 1.93 bits per heavy atom. The number of amides is 1. The van der Waals surface area contributed by atoms with Crippen molar-refractivity contribution < 1.29 is 9.21 Å². The molecule has 0 aliphatic heterocycles. The Kier molecular flexibility index (Phi) is 6.38. The van der Waals surface area contributed by atoms with Gasteiger partial charge in [0.2, 0.25) is 11.7 Å². The minimum absolute atomic E-state index is 0.0217. The average molecular weight is 449 g/mol. The minimum Gasteiger partial charge on any atom is -0.446 e. The molecule has 6 nitrogen and oxygen atoms in total. The van der Waals surface area contributed by atoms with Gasteiger partial charge in [0.05, 0.1) is 11.8 Å². The van der Waals surface area contributed by atoms with Crippen molar-refractivity contribution in [2.24, 2.45) is 0 Å². The van der Waals surface area contributed by atoms with Gasteiger partial charge in [0.25, 0.3) is 0 Å². The van der Waals surface area contributed by atoms with Gasteiger partial charge < -0.3 is 9.73 Å². The lowest BCUT2D eigenvalue weighted by atomic mass is 10.2. The number of benzene rings is 1. The first-order valence-electron chi connectivity index (χ1n) is 8.64. The first-order valence-corrected chi connectivity index (χ1v) is 10.3. The molecule has 2 aromatic heterocycles. The van der Waals surface area contributed by atoms with Gasteiger partial charge in [0.1, 0.15) is 0 Å². The number of carbonyl (C=O) groups is 1. The molecule has 1 amide bonds. The molecule has 1 aromatic carbocycles. The normalized spacial score (nSPS) is 12.3. The highest BCUT2D eigenvalue weighted by molar-refractivity contribution is 9.10. The number of halogens is 1. The van der Waals surface area contributed by atoms with Gasteiger partial charge >= 0.3 is 0 Å². The molecular weight excluding hydrogens is 428 g/mol. The van der Waals surface area contributed by atoms with Gasteiger partial charge in [0.15, 0.2) is 15.6 Å². The lowest BCUT2D eigenvalue weighted by molar-refractivity contribution is -0.120. The molecule has 1 N–H and O–H groups in total. The fraction of sp³-hybridized carbons (Fsp3) is 0.316. The van der Waals surface area contributed by atoms with Gasteiger partial charge in [-0.2, -0.15) is 0 Å². The predicted molar refractivity (Wildman–Crippen MR) is 110 cm³/mol. The summed E-state index contributed by atoms with van der Waals surface area (Å²) in [6.45, 7) is 6.34. The summed E-state index contributed by atoms with van der Waals surface area (Å²) in [7, 11) is 0. The number of carbonyl (C=O) groups excluding carboxylic acids is 1. The summed E-state index contributed by atoms with van der Waals surface area (Å²) in [4.78, 5) is 12.3. The molecule has 0 saturated carbocycles. The summed E-state index contributed by atoms with van der Waals surface area (Å²) in [6, 6.07) is 13.8. The molecule has 0 aliphatic carbocycles. The SMILES string of the molecule is CC(C)NC(=O)C(C)Sc1nnc(-c2ccc(Br)o2)n1Cc1ccccc1. The molecule has 1 unspecified atom stereocenters. The van der Waals surface area contributed by atoms with Crippen LogP contribution in [0.4, 0.5) is 0 Å². The van der Waals surface area contributed by atoms with Crippen LogP contribution >= 0.6 is 27.7 Å². The van der Waals surface area contributed by atoms with Crippen LogP contribution in [-0.2, 0) is 11.3 Å². The average Bonchev–Trinajstić information content (AvgIpc) is 3.22. The van der Waals surface area contributed by atoms with E-state index in [2.05, 4.69) is 31.4 Å². The number of hydrogen-bond donors (Lipinski definition) is 1. The number of thioether (sulfide) groups is 1. The summed E-state index contributed by atoms with van der Waals surface area (Å²) in [6.07, 6.45) is 0. The van der Waals surface area contributed by atoms with Crippen LogP contribution in [0.2, 0.25) is 0 Å². The number of furan rings is 1. The number of aromatic nitrogens is 3. The topological polar surface area (TPSA) is 73.0 Å². The van der Waals surface area contributed by atoms with Crippen molar-refractivity contribution in [1.29, 1.82) is 0 Å². The van der Waals surface area contributed by atoms with Gasteiger partial charge in [-0.1, -0.05) is 42.1 Å². The van der Waals surface area contributed by atoms with E-state index in [0.29, 0.717) is 28.0 Å². The maximum atomic E-state index is 12.3. The Morgan fingerprint density at radius 3 is 2.56 bits per heavy atom. The van der Waals surface area contributed by atoms with Crippen molar-refractivity contribution in [2.45, 2.75) is 43.8 Å². The second kappa shape index (κ2) is 8.75. The molecular formula is C19H21BrN4O2S. The fourth-order valence-corrected chi connectivity index (χ4v) is 3.68. The van der Waals surface area contributed by atoms with E-state index in [1.165, 1.54) is 11.8 Å². The van der Waals surface area contributed by atoms with Crippen LogP contribution in [0.15, 0.2) is 56.7 Å². The van der Waals surface area contributed by atoms with Gasteiger partial charge in [-0.15, -0.1) is 10.2 Å².